The molecule has 178 valence electrons. The molecule has 0 saturated heterocycles. The molecule has 0 unspecified atom stereocenters. The van der Waals surface area contributed by atoms with Gasteiger partial charge in [0.25, 0.3) is 10.1 Å². The molecule has 0 amide bonds. The SMILES string of the molecule is CCCCCCCCCCCCCCc1cccc(Oc2ccc(S(=O)(=O)O)c([O-])c2)c1.[Na+]. The summed E-state index contributed by atoms with van der Waals surface area (Å²) in [5, 5.41) is 11.9. The van der Waals surface area contributed by atoms with E-state index in [1.807, 2.05) is 12.1 Å². The minimum absolute atomic E-state index is 0. The van der Waals surface area contributed by atoms with Crippen LogP contribution in [0.3, 0.4) is 0 Å². The summed E-state index contributed by atoms with van der Waals surface area (Å²) in [6.45, 7) is 2.26. The second-order valence-corrected chi connectivity index (χ2v) is 9.86. The van der Waals surface area contributed by atoms with E-state index in [0.717, 1.165) is 25.0 Å². The van der Waals surface area contributed by atoms with Crippen LogP contribution in [0.15, 0.2) is 47.4 Å². The van der Waals surface area contributed by atoms with Crippen molar-refractivity contribution in [3.05, 3.63) is 48.0 Å². The van der Waals surface area contributed by atoms with Crippen molar-refractivity contribution in [2.75, 3.05) is 0 Å². The molecule has 0 radical (unpaired) electrons. The molecule has 0 aliphatic carbocycles. The Balaban J connectivity index is 0.00000544. The molecule has 0 aliphatic rings. The molecule has 1 N–H and O–H groups in total. The number of hydrogen-bond donors (Lipinski definition) is 1. The topological polar surface area (TPSA) is 86.7 Å². The van der Waals surface area contributed by atoms with Crippen LogP contribution in [0, 0.1) is 0 Å². The van der Waals surface area contributed by atoms with E-state index in [4.69, 9.17) is 9.29 Å². The van der Waals surface area contributed by atoms with Crippen LogP contribution in [0.5, 0.6) is 17.2 Å². The quantitative estimate of drug-likeness (QED) is 0.221. The molecule has 0 fully saturated rings. The van der Waals surface area contributed by atoms with Gasteiger partial charge in [0.15, 0.2) is 0 Å². The average molecular weight is 485 g/mol. The van der Waals surface area contributed by atoms with Gasteiger partial charge < -0.3 is 9.84 Å². The second-order valence-electron chi connectivity index (χ2n) is 8.47. The molecule has 0 saturated carbocycles. The Morgan fingerprint density at radius 3 is 1.88 bits per heavy atom. The van der Waals surface area contributed by atoms with Crippen molar-refractivity contribution in [3.8, 4) is 17.2 Å². The van der Waals surface area contributed by atoms with Gasteiger partial charge in [-0.25, -0.2) is 0 Å². The van der Waals surface area contributed by atoms with E-state index >= 15 is 0 Å². The second kappa shape index (κ2) is 16.6. The Morgan fingerprint density at radius 2 is 1.33 bits per heavy atom. The Labute approximate surface area is 222 Å². The Bertz CT molecular complexity index is 915. The Hall–Kier alpha value is -1.05. The van der Waals surface area contributed by atoms with E-state index in [9.17, 15) is 13.5 Å². The summed E-state index contributed by atoms with van der Waals surface area (Å²) in [6, 6.07) is 11.2. The summed E-state index contributed by atoms with van der Waals surface area (Å²) in [4.78, 5) is -0.648. The third kappa shape index (κ3) is 12.3. The number of ether oxygens (including phenoxy) is 1. The average Bonchev–Trinajstić information content (AvgIpc) is 2.74. The Morgan fingerprint density at radius 1 is 0.788 bits per heavy atom. The van der Waals surface area contributed by atoms with Crippen LogP contribution < -0.4 is 39.4 Å². The first-order valence-corrected chi connectivity index (χ1v) is 13.4. The van der Waals surface area contributed by atoms with Crippen LogP contribution in [-0.4, -0.2) is 13.0 Å². The zero-order valence-corrected chi connectivity index (χ0v) is 23.0. The molecular weight excluding hydrogens is 447 g/mol. The maximum atomic E-state index is 11.9. The van der Waals surface area contributed by atoms with Gasteiger partial charge in [-0.2, -0.15) is 8.42 Å². The van der Waals surface area contributed by atoms with E-state index in [-0.39, 0.29) is 35.3 Å². The fourth-order valence-corrected chi connectivity index (χ4v) is 4.39. The van der Waals surface area contributed by atoms with Gasteiger partial charge in [0.05, 0.1) is 4.90 Å². The normalized spacial score (nSPS) is 11.2. The number of aryl methyl sites for hydroxylation is 1. The molecular formula is C26H37NaO5S. The standard InChI is InChI=1S/C26H38O5S.Na/c1-2-3-4-5-6-7-8-9-10-11-12-13-15-22-16-14-17-23(20-22)31-24-18-19-26(25(27)21-24)32(28,29)30;/h14,16-21,27H,2-13,15H2,1H3,(H,28,29,30);/q;+1/p-1. The molecule has 0 heterocycles. The van der Waals surface area contributed by atoms with Gasteiger partial charge in [0.1, 0.15) is 11.5 Å². The number of hydrogen-bond acceptors (Lipinski definition) is 4. The van der Waals surface area contributed by atoms with Gasteiger partial charge in [-0.15, -0.1) is 0 Å². The first-order chi connectivity index (χ1) is 15.4. The summed E-state index contributed by atoms with van der Waals surface area (Å²) in [7, 11) is -4.52. The van der Waals surface area contributed by atoms with E-state index in [2.05, 4.69) is 13.0 Å². The third-order valence-electron chi connectivity index (χ3n) is 5.65. The zero-order valence-electron chi connectivity index (χ0n) is 20.2. The maximum Gasteiger partial charge on any atom is 1.00 e. The summed E-state index contributed by atoms with van der Waals surface area (Å²) < 4.78 is 37.0. The van der Waals surface area contributed by atoms with E-state index < -0.39 is 20.8 Å². The predicted molar refractivity (Wildman–Crippen MR) is 127 cm³/mol. The monoisotopic (exact) mass is 484 g/mol. The van der Waals surface area contributed by atoms with Crippen LogP contribution in [0.4, 0.5) is 0 Å². The van der Waals surface area contributed by atoms with Gasteiger partial charge in [-0.1, -0.05) is 95.4 Å². The molecule has 0 aromatic heterocycles. The van der Waals surface area contributed by atoms with Crippen molar-refractivity contribution in [1.29, 1.82) is 0 Å². The molecule has 0 atom stereocenters. The van der Waals surface area contributed by atoms with Crippen LogP contribution in [-0.2, 0) is 16.5 Å². The summed E-state index contributed by atoms with van der Waals surface area (Å²) in [5.74, 6) is 0.0444. The Kier molecular flexibility index (Phi) is 15.0. The van der Waals surface area contributed by atoms with Gasteiger partial charge in [-0.3, -0.25) is 4.55 Å². The van der Waals surface area contributed by atoms with Crippen LogP contribution in [0.2, 0.25) is 0 Å². The molecule has 2 rings (SSSR count). The van der Waals surface area contributed by atoms with E-state index in [1.54, 1.807) is 6.07 Å². The predicted octanol–water partition coefficient (Wildman–Crippen LogP) is 4.05. The zero-order chi connectivity index (χ0) is 23.2. The van der Waals surface area contributed by atoms with E-state index in [1.165, 1.54) is 82.3 Å². The number of unbranched alkanes of at least 4 members (excludes halogenated alkanes) is 11. The fraction of sp³-hybridized carbons (Fsp3) is 0.538. The molecule has 33 heavy (non-hydrogen) atoms. The van der Waals surface area contributed by atoms with Crippen LogP contribution >= 0.6 is 0 Å². The molecule has 0 spiro atoms. The number of rotatable bonds is 16. The van der Waals surface area contributed by atoms with Crippen molar-refractivity contribution in [1.82, 2.24) is 0 Å². The fourth-order valence-electron chi connectivity index (χ4n) is 3.84. The first kappa shape index (κ1) is 30.0. The van der Waals surface area contributed by atoms with Crippen LogP contribution in [0.1, 0.15) is 89.5 Å². The van der Waals surface area contributed by atoms with E-state index in [0.29, 0.717) is 5.75 Å². The molecule has 7 heteroatoms. The van der Waals surface area contributed by atoms with Crippen molar-refractivity contribution in [2.45, 2.75) is 95.3 Å². The molecule has 2 aromatic rings. The summed E-state index contributed by atoms with van der Waals surface area (Å²) in [5.41, 5.74) is 1.17. The van der Waals surface area contributed by atoms with Gasteiger partial charge >= 0.3 is 29.6 Å². The third-order valence-corrected chi connectivity index (χ3v) is 6.54. The summed E-state index contributed by atoms with van der Waals surface area (Å²) in [6.07, 6.45) is 16.9. The van der Waals surface area contributed by atoms with Crippen LogP contribution in [0.25, 0.3) is 0 Å². The summed E-state index contributed by atoms with van der Waals surface area (Å²) >= 11 is 0. The molecule has 0 bridgehead atoms. The number of benzene rings is 2. The van der Waals surface area contributed by atoms with Gasteiger partial charge in [0, 0.05) is 0 Å². The van der Waals surface area contributed by atoms with Gasteiger partial charge in [-0.05, 0) is 48.7 Å². The first-order valence-electron chi connectivity index (χ1n) is 12.0. The van der Waals surface area contributed by atoms with Crippen molar-refractivity contribution in [3.63, 3.8) is 0 Å². The van der Waals surface area contributed by atoms with Crippen molar-refractivity contribution >= 4 is 10.1 Å². The van der Waals surface area contributed by atoms with Gasteiger partial charge in [0.2, 0.25) is 0 Å². The maximum absolute atomic E-state index is 11.9. The molecule has 0 aliphatic heterocycles. The van der Waals surface area contributed by atoms with Crippen molar-refractivity contribution in [2.24, 2.45) is 0 Å². The van der Waals surface area contributed by atoms with Crippen molar-refractivity contribution < 1.29 is 52.4 Å². The minimum atomic E-state index is -4.52. The molecule has 5 nitrogen and oxygen atoms in total. The minimum Gasteiger partial charge on any atom is -0.871 e. The molecule has 2 aromatic carbocycles. The smallest absolute Gasteiger partial charge is 0.871 e. The largest absolute Gasteiger partial charge is 1.00 e.